The van der Waals surface area contributed by atoms with Crippen molar-refractivity contribution in [3.05, 3.63) is 137 Å². The molecule has 5 aromatic rings. The summed E-state index contributed by atoms with van der Waals surface area (Å²) in [6.45, 7) is 9.82. The summed E-state index contributed by atoms with van der Waals surface area (Å²) in [5, 5.41) is 0. The van der Waals surface area contributed by atoms with E-state index in [0.29, 0.717) is 5.41 Å². The molecule has 10 aliphatic carbocycles. The molecule has 5 aromatic carbocycles. The van der Waals surface area contributed by atoms with Gasteiger partial charge in [-0.15, -0.1) is 0 Å². The first-order valence-corrected chi connectivity index (χ1v) is 24.0. The largest absolute Gasteiger partial charge is 0.310 e. The summed E-state index contributed by atoms with van der Waals surface area (Å²) < 4.78 is 0. The lowest BCUT2D eigenvalue weighted by Gasteiger charge is -2.61. The minimum absolute atomic E-state index is 0.153. The van der Waals surface area contributed by atoms with Gasteiger partial charge in [0.1, 0.15) is 0 Å². The second-order valence-corrected chi connectivity index (χ2v) is 23.1. The van der Waals surface area contributed by atoms with Crippen LogP contribution in [0.4, 0.5) is 17.1 Å². The van der Waals surface area contributed by atoms with Crippen LogP contribution >= 0.6 is 0 Å². The standard InChI is InChI=1S/C58H63N/c1-55(2)21-22-56(3,4)54-32-48(18-20-52(54)55)59(47-16-12-43(13-17-47)57-33-38-24-39(34-57)26-40(25-38)35-57)46-14-9-41(10-15-46)42-11-19-50-49-7-5-6-8-51(49)58(53(50)31-42)44-27-36-23-37(29-44)30-45(58)28-36/h5-20,31-32,36-40,44-45H,21-30,33-35H2,1-4H3. The quantitative estimate of drug-likeness (QED) is 0.172. The Morgan fingerprint density at radius 1 is 0.424 bits per heavy atom. The van der Waals surface area contributed by atoms with Gasteiger partial charge in [-0.1, -0.05) is 94.4 Å². The van der Waals surface area contributed by atoms with E-state index >= 15 is 0 Å². The van der Waals surface area contributed by atoms with Crippen LogP contribution in [-0.4, -0.2) is 0 Å². The summed E-state index contributed by atoms with van der Waals surface area (Å²) >= 11 is 0. The van der Waals surface area contributed by atoms with E-state index in [1.165, 1.54) is 134 Å². The molecule has 0 saturated heterocycles. The van der Waals surface area contributed by atoms with Crippen molar-refractivity contribution in [2.45, 2.75) is 133 Å². The number of hydrogen-bond acceptors (Lipinski definition) is 1. The number of rotatable bonds is 5. The molecule has 8 fully saturated rings. The van der Waals surface area contributed by atoms with Gasteiger partial charge in [0.05, 0.1) is 0 Å². The van der Waals surface area contributed by atoms with Crippen LogP contribution in [0.15, 0.2) is 109 Å². The molecule has 0 atom stereocenters. The lowest BCUT2D eigenvalue weighted by Crippen LogP contribution is -2.55. The van der Waals surface area contributed by atoms with Crippen molar-refractivity contribution < 1.29 is 0 Å². The molecule has 0 N–H and O–H groups in total. The predicted octanol–water partition coefficient (Wildman–Crippen LogP) is 15.4. The van der Waals surface area contributed by atoms with Gasteiger partial charge in [-0.2, -0.15) is 0 Å². The molecule has 0 radical (unpaired) electrons. The van der Waals surface area contributed by atoms with E-state index in [9.17, 15) is 0 Å². The van der Waals surface area contributed by atoms with E-state index in [-0.39, 0.29) is 16.2 Å². The normalized spacial score (nSPS) is 34.5. The second kappa shape index (κ2) is 12.3. The zero-order valence-electron chi connectivity index (χ0n) is 36.1. The minimum atomic E-state index is 0.153. The van der Waals surface area contributed by atoms with Gasteiger partial charge >= 0.3 is 0 Å². The molecular weight excluding hydrogens is 711 g/mol. The fourth-order valence-electron chi connectivity index (χ4n) is 16.7. The number of nitrogens with zero attached hydrogens (tertiary/aromatic N) is 1. The van der Waals surface area contributed by atoms with E-state index in [1.54, 1.807) is 16.7 Å². The molecule has 8 saturated carbocycles. The van der Waals surface area contributed by atoms with Crippen molar-refractivity contribution in [1.29, 1.82) is 0 Å². The lowest BCUT2D eigenvalue weighted by atomic mass is 9.43. The van der Waals surface area contributed by atoms with E-state index in [2.05, 4.69) is 142 Å². The van der Waals surface area contributed by atoms with Crippen molar-refractivity contribution in [2.75, 3.05) is 4.90 Å². The Hall–Kier alpha value is -4.10. The lowest BCUT2D eigenvalue weighted by molar-refractivity contribution is -0.0399. The zero-order chi connectivity index (χ0) is 39.5. The van der Waals surface area contributed by atoms with Gasteiger partial charge in [0.15, 0.2) is 0 Å². The third-order valence-electron chi connectivity index (χ3n) is 18.9. The van der Waals surface area contributed by atoms with Crippen LogP contribution in [0.2, 0.25) is 0 Å². The molecule has 15 rings (SSSR count). The summed E-state index contributed by atoms with van der Waals surface area (Å²) in [5.41, 5.74) is 18.4. The molecule has 300 valence electrons. The first-order chi connectivity index (χ1) is 28.6. The van der Waals surface area contributed by atoms with Crippen LogP contribution in [0.3, 0.4) is 0 Å². The SMILES string of the molecule is CC1(C)CCC(C)(C)c2cc(N(c3ccc(-c4ccc5c(c4)C4(c6ccccc6-5)C5CC6CC(C5)CC4C6)cc3)c3ccc(C45CC6CC(CC(C6)C4)C5)cc3)ccc21. The van der Waals surface area contributed by atoms with Crippen LogP contribution in [0, 0.1) is 41.4 Å². The van der Waals surface area contributed by atoms with Gasteiger partial charge in [-0.3, -0.25) is 0 Å². The predicted molar refractivity (Wildman–Crippen MR) is 245 cm³/mol. The Morgan fingerprint density at radius 3 is 1.59 bits per heavy atom. The van der Waals surface area contributed by atoms with Crippen molar-refractivity contribution >= 4 is 17.1 Å². The second-order valence-electron chi connectivity index (χ2n) is 23.1. The van der Waals surface area contributed by atoms with E-state index in [0.717, 1.165) is 41.4 Å². The van der Waals surface area contributed by atoms with Gasteiger partial charge in [0.25, 0.3) is 0 Å². The summed E-state index contributed by atoms with van der Waals surface area (Å²) in [7, 11) is 0. The summed E-state index contributed by atoms with van der Waals surface area (Å²) in [6, 6.07) is 44.2. The molecule has 0 unspecified atom stereocenters. The van der Waals surface area contributed by atoms with Crippen LogP contribution in [0.5, 0.6) is 0 Å². The van der Waals surface area contributed by atoms with Crippen molar-refractivity contribution in [3.63, 3.8) is 0 Å². The fourth-order valence-corrected chi connectivity index (χ4v) is 16.7. The monoisotopic (exact) mass is 773 g/mol. The third kappa shape index (κ3) is 5.09. The number of hydrogen-bond donors (Lipinski definition) is 0. The van der Waals surface area contributed by atoms with E-state index in [4.69, 9.17) is 0 Å². The molecule has 0 amide bonds. The third-order valence-corrected chi connectivity index (χ3v) is 18.9. The highest BCUT2D eigenvalue weighted by atomic mass is 15.1. The average Bonchev–Trinajstić information content (AvgIpc) is 3.52. The number of anilines is 3. The highest BCUT2D eigenvalue weighted by Crippen LogP contribution is 2.69. The maximum atomic E-state index is 2.65. The minimum Gasteiger partial charge on any atom is -0.310 e. The van der Waals surface area contributed by atoms with Crippen molar-refractivity contribution in [2.24, 2.45) is 41.4 Å². The molecule has 0 aromatic heterocycles. The summed E-state index contributed by atoms with van der Waals surface area (Å²) in [5.74, 6) is 6.36. The highest BCUT2D eigenvalue weighted by Gasteiger charge is 2.61. The topological polar surface area (TPSA) is 3.24 Å². The zero-order valence-corrected chi connectivity index (χ0v) is 36.1. The summed E-state index contributed by atoms with van der Waals surface area (Å²) in [6.07, 6.45) is 18.4. The van der Waals surface area contributed by atoms with Crippen molar-refractivity contribution in [3.8, 4) is 22.3 Å². The number of benzene rings is 5. The van der Waals surface area contributed by atoms with E-state index in [1.807, 2.05) is 0 Å². The first-order valence-electron chi connectivity index (χ1n) is 24.0. The maximum Gasteiger partial charge on any atom is 0.0464 e. The Labute approximate surface area is 354 Å². The van der Waals surface area contributed by atoms with Crippen LogP contribution in [0.25, 0.3) is 22.3 Å². The van der Waals surface area contributed by atoms with Gasteiger partial charge in [-0.25, -0.2) is 0 Å². The fraction of sp³-hybridized carbons (Fsp3) is 0.483. The molecule has 0 heterocycles. The molecule has 0 aliphatic heterocycles. The van der Waals surface area contributed by atoms with Gasteiger partial charge in [-0.05, 0) is 234 Å². The van der Waals surface area contributed by atoms with Crippen molar-refractivity contribution in [1.82, 2.24) is 0 Å². The Morgan fingerprint density at radius 2 is 0.949 bits per heavy atom. The van der Waals surface area contributed by atoms with Crippen LogP contribution < -0.4 is 4.90 Å². The van der Waals surface area contributed by atoms with Gasteiger partial charge < -0.3 is 4.90 Å². The highest BCUT2D eigenvalue weighted by molar-refractivity contribution is 5.85. The Bertz CT molecular complexity index is 2430. The molecule has 59 heavy (non-hydrogen) atoms. The van der Waals surface area contributed by atoms with Gasteiger partial charge in [0.2, 0.25) is 0 Å². The molecule has 1 spiro atoms. The molecule has 10 aliphatic rings. The number of fused-ring (bicyclic) bond motifs is 4. The van der Waals surface area contributed by atoms with Crippen LogP contribution in [-0.2, 0) is 21.7 Å². The molecular formula is C58H63N. The molecule has 8 bridgehead atoms. The van der Waals surface area contributed by atoms with Gasteiger partial charge in [0, 0.05) is 22.5 Å². The van der Waals surface area contributed by atoms with Crippen LogP contribution in [0.1, 0.15) is 139 Å². The summed E-state index contributed by atoms with van der Waals surface area (Å²) in [4.78, 5) is 2.56. The smallest absolute Gasteiger partial charge is 0.0464 e. The van der Waals surface area contributed by atoms with E-state index < -0.39 is 0 Å². The Kier molecular flexibility index (Phi) is 7.41. The average molecular weight is 774 g/mol. The Balaban J connectivity index is 0.894. The molecule has 1 nitrogen and oxygen atoms in total. The molecule has 1 heteroatoms. The first kappa shape index (κ1) is 35.6. The maximum absolute atomic E-state index is 2.65.